The molecule has 0 spiro atoms. The summed E-state index contributed by atoms with van der Waals surface area (Å²) >= 11 is 0. The Bertz CT molecular complexity index is 254. The molecular formula is C14H27ClN2O. The van der Waals surface area contributed by atoms with Crippen LogP contribution in [0.2, 0.25) is 0 Å². The van der Waals surface area contributed by atoms with Crippen LogP contribution in [-0.2, 0) is 4.79 Å². The van der Waals surface area contributed by atoms with Gasteiger partial charge >= 0.3 is 0 Å². The second kappa shape index (κ2) is 8.00. The smallest absolute Gasteiger partial charge is 0.221 e. The highest BCUT2D eigenvalue weighted by Gasteiger charge is 2.21. The minimum absolute atomic E-state index is 0. The van der Waals surface area contributed by atoms with Crippen molar-refractivity contribution in [3.8, 4) is 0 Å². The molecule has 1 amide bonds. The molecule has 0 bridgehead atoms. The van der Waals surface area contributed by atoms with Crippen molar-refractivity contribution in [2.75, 3.05) is 6.54 Å². The van der Waals surface area contributed by atoms with E-state index in [4.69, 9.17) is 0 Å². The van der Waals surface area contributed by atoms with E-state index < -0.39 is 0 Å². The molecule has 1 saturated carbocycles. The SMILES string of the molecule is CC1CCCC(NC(=O)CC2CCCN2)CC1.Cl. The summed E-state index contributed by atoms with van der Waals surface area (Å²) in [6.45, 7) is 3.41. The monoisotopic (exact) mass is 274 g/mol. The second-order valence-corrected chi connectivity index (χ2v) is 5.88. The molecule has 0 aromatic heterocycles. The van der Waals surface area contributed by atoms with Gasteiger partial charge in [0.2, 0.25) is 5.91 Å². The molecule has 1 aliphatic carbocycles. The van der Waals surface area contributed by atoms with Crippen LogP contribution in [0.25, 0.3) is 0 Å². The van der Waals surface area contributed by atoms with Gasteiger partial charge in [0.25, 0.3) is 0 Å². The minimum Gasteiger partial charge on any atom is -0.353 e. The van der Waals surface area contributed by atoms with E-state index in [0.717, 1.165) is 18.9 Å². The number of amides is 1. The lowest BCUT2D eigenvalue weighted by Gasteiger charge is -2.18. The van der Waals surface area contributed by atoms with Crippen LogP contribution in [0, 0.1) is 5.92 Å². The Balaban J connectivity index is 0.00000162. The zero-order valence-electron chi connectivity index (χ0n) is 11.4. The molecule has 3 nitrogen and oxygen atoms in total. The van der Waals surface area contributed by atoms with Gasteiger partial charge in [0.05, 0.1) is 0 Å². The van der Waals surface area contributed by atoms with Gasteiger partial charge in [-0.25, -0.2) is 0 Å². The minimum atomic E-state index is 0. The summed E-state index contributed by atoms with van der Waals surface area (Å²) in [5.41, 5.74) is 0. The van der Waals surface area contributed by atoms with Gasteiger partial charge in [-0.1, -0.05) is 19.8 Å². The first-order valence-corrected chi connectivity index (χ1v) is 7.27. The molecule has 2 aliphatic rings. The van der Waals surface area contributed by atoms with Crippen molar-refractivity contribution in [3.05, 3.63) is 0 Å². The van der Waals surface area contributed by atoms with E-state index in [-0.39, 0.29) is 18.3 Å². The van der Waals surface area contributed by atoms with Crippen molar-refractivity contribution in [2.45, 2.75) is 70.4 Å². The van der Waals surface area contributed by atoms with Gasteiger partial charge < -0.3 is 10.6 Å². The molecule has 4 heteroatoms. The van der Waals surface area contributed by atoms with Crippen molar-refractivity contribution in [1.82, 2.24) is 10.6 Å². The first-order valence-electron chi connectivity index (χ1n) is 7.27. The summed E-state index contributed by atoms with van der Waals surface area (Å²) < 4.78 is 0. The number of hydrogen-bond donors (Lipinski definition) is 2. The number of halogens is 1. The van der Waals surface area contributed by atoms with E-state index in [2.05, 4.69) is 17.6 Å². The Morgan fingerprint density at radius 3 is 2.72 bits per heavy atom. The molecule has 18 heavy (non-hydrogen) atoms. The zero-order valence-corrected chi connectivity index (χ0v) is 12.2. The fourth-order valence-electron chi connectivity index (χ4n) is 3.07. The van der Waals surface area contributed by atoms with Gasteiger partial charge in [-0.15, -0.1) is 12.4 Å². The topological polar surface area (TPSA) is 41.1 Å². The molecule has 0 aromatic carbocycles. The lowest BCUT2D eigenvalue weighted by molar-refractivity contribution is -0.122. The lowest BCUT2D eigenvalue weighted by atomic mass is 10.0. The van der Waals surface area contributed by atoms with Crippen molar-refractivity contribution in [2.24, 2.45) is 5.92 Å². The summed E-state index contributed by atoms with van der Waals surface area (Å²) in [7, 11) is 0. The summed E-state index contributed by atoms with van der Waals surface area (Å²) in [4.78, 5) is 11.9. The fourth-order valence-corrected chi connectivity index (χ4v) is 3.07. The number of hydrogen-bond acceptors (Lipinski definition) is 2. The lowest BCUT2D eigenvalue weighted by Crippen LogP contribution is -2.38. The Kier molecular flexibility index (Phi) is 7.02. The Morgan fingerprint density at radius 1 is 1.17 bits per heavy atom. The maximum Gasteiger partial charge on any atom is 0.221 e. The Morgan fingerprint density at radius 2 is 2.00 bits per heavy atom. The van der Waals surface area contributed by atoms with E-state index in [0.29, 0.717) is 18.5 Å². The molecule has 106 valence electrons. The molecule has 1 heterocycles. The first-order chi connectivity index (χ1) is 8.24. The van der Waals surface area contributed by atoms with E-state index in [1.54, 1.807) is 0 Å². The maximum atomic E-state index is 11.9. The van der Waals surface area contributed by atoms with Crippen LogP contribution in [0.5, 0.6) is 0 Å². The van der Waals surface area contributed by atoms with Crippen LogP contribution in [-0.4, -0.2) is 24.5 Å². The van der Waals surface area contributed by atoms with Crippen LogP contribution in [0.4, 0.5) is 0 Å². The predicted octanol–water partition coefficient (Wildman–Crippen LogP) is 2.64. The van der Waals surface area contributed by atoms with Crippen molar-refractivity contribution in [3.63, 3.8) is 0 Å². The van der Waals surface area contributed by atoms with Gasteiger partial charge in [-0.05, 0) is 44.6 Å². The van der Waals surface area contributed by atoms with Crippen LogP contribution in [0.3, 0.4) is 0 Å². The molecule has 2 N–H and O–H groups in total. The molecule has 2 rings (SSSR count). The number of rotatable bonds is 3. The molecule has 1 saturated heterocycles. The van der Waals surface area contributed by atoms with Crippen molar-refractivity contribution < 1.29 is 4.79 Å². The van der Waals surface area contributed by atoms with Crippen molar-refractivity contribution >= 4 is 18.3 Å². The Labute approximate surface area is 117 Å². The summed E-state index contributed by atoms with van der Waals surface area (Å²) in [6, 6.07) is 0.869. The quantitative estimate of drug-likeness (QED) is 0.777. The molecule has 0 radical (unpaired) electrons. The van der Waals surface area contributed by atoms with Crippen LogP contribution in [0.1, 0.15) is 58.3 Å². The standard InChI is InChI=1S/C14H26N2O.ClH/c1-11-4-2-5-12(8-7-11)16-14(17)10-13-6-3-9-15-13;/h11-13,15H,2-10H2,1H3,(H,16,17);1H. The van der Waals surface area contributed by atoms with E-state index in [1.807, 2.05) is 0 Å². The normalized spacial score (nSPS) is 32.4. The van der Waals surface area contributed by atoms with Crippen LogP contribution >= 0.6 is 12.4 Å². The van der Waals surface area contributed by atoms with Crippen LogP contribution in [0.15, 0.2) is 0 Å². The number of carbonyl (C=O) groups is 1. The molecule has 1 aliphatic heterocycles. The summed E-state index contributed by atoms with van der Waals surface area (Å²) in [5, 5.41) is 6.61. The summed E-state index contributed by atoms with van der Waals surface area (Å²) in [5.74, 6) is 1.09. The zero-order chi connectivity index (χ0) is 12.1. The van der Waals surface area contributed by atoms with Gasteiger partial charge in [0.15, 0.2) is 0 Å². The van der Waals surface area contributed by atoms with E-state index >= 15 is 0 Å². The first kappa shape index (κ1) is 15.8. The molecular weight excluding hydrogens is 248 g/mol. The van der Waals surface area contributed by atoms with Gasteiger partial charge in [-0.2, -0.15) is 0 Å². The Hall–Kier alpha value is -0.280. The van der Waals surface area contributed by atoms with E-state index in [1.165, 1.54) is 38.5 Å². The summed E-state index contributed by atoms with van der Waals surface area (Å²) in [6.07, 6.45) is 9.27. The molecule has 2 fully saturated rings. The average Bonchev–Trinajstić information content (AvgIpc) is 2.70. The molecule has 3 unspecified atom stereocenters. The molecule has 3 atom stereocenters. The van der Waals surface area contributed by atoms with Gasteiger partial charge in [0.1, 0.15) is 0 Å². The van der Waals surface area contributed by atoms with Gasteiger partial charge in [-0.3, -0.25) is 4.79 Å². The van der Waals surface area contributed by atoms with E-state index in [9.17, 15) is 4.79 Å². The number of nitrogens with one attached hydrogen (secondary N) is 2. The second-order valence-electron chi connectivity index (χ2n) is 5.88. The third-order valence-electron chi connectivity index (χ3n) is 4.22. The fraction of sp³-hybridized carbons (Fsp3) is 0.929. The average molecular weight is 275 g/mol. The molecule has 0 aromatic rings. The highest BCUT2D eigenvalue weighted by molar-refractivity contribution is 5.85. The number of carbonyl (C=O) groups excluding carboxylic acids is 1. The third-order valence-corrected chi connectivity index (χ3v) is 4.22. The highest BCUT2D eigenvalue weighted by atomic mass is 35.5. The highest BCUT2D eigenvalue weighted by Crippen LogP contribution is 2.22. The predicted molar refractivity (Wildman–Crippen MR) is 77.1 cm³/mol. The van der Waals surface area contributed by atoms with Crippen molar-refractivity contribution in [1.29, 1.82) is 0 Å². The largest absolute Gasteiger partial charge is 0.353 e. The third kappa shape index (κ3) is 5.15. The maximum absolute atomic E-state index is 11.9. The van der Waals surface area contributed by atoms with Crippen LogP contribution < -0.4 is 10.6 Å². The van der Waals surface area contributed by atoms with Gasteiger partial charge in [0, 0.05) is 18.5 Å².